The lowest BCUT2D eigenvalue weighted by atomic mass is 10.1. The van der Waals surface area contributed by atoms with Crippen LogP contribution >= 0.6 is 0 Å². The van der Waals surface area contributed by atoms with Crippen LogP contribution in [0, 0.1) is 6.92 Å². The van der Waals surface area contributed by atoms with E-state index in [1.807, 2.05) is 37.3 Å². The van der Waals surface area contributed by atoms with E-state index in [9.17, 15) is 19.2 Å². The molecule has 3 N–H and O–H groups in total. The number of imide groups is 2. The van der Waals surface area contributed by atoms with Crippen LogP contribution in [0.4, 0.5) is 10.5 Å². The van der Waals surface area contributed by atoms with Gasteiger partial charge in [0.05, 0.1) is 5.69 Å². The topological polar surface area (TPSA) is 114 Å². The normalized spacial score (nSPS) is 15.7. The molecule has 1 fully saturated rings. The minimum Gasteiger partial charge on any atom is -0.368 e. The summed E-state index contributed by atoms with van der Waals surface area (Å²) >= 11 is 0. The van der Waals surface area contributed by atoms with Crippen molar-refractivity contribution in [3.63, 3.8) is 0 Å². The Morgan fingerprint density at radius 1 is 1.10 bits per heavy atom. The van der Waals surface area contributed by atoms with Crippen molar-refractivity contribution < 1.29 is 19.2 Å². The van der Waals surface area contributed by atoms with Crippen molar-refractivity contribution in [1.29, 1.82) is 0 Å². The number of nitrogens with zero attached hydrogens (tertiary/aromatic N) is 2. The zero-order chi connectivity index (χ0) is 21.4. The van der Waals surface area contributed by atoms with Gasteiger partial charge in [-0.2, -0.15) is 0 Å². The largest absolute Gasteiger partial charge is 0.368 e. The van der Waals surface area contributed by atoms with Crippen LogP contribution in [-0.4, -0.2) is 28.3 Å². The van der Waals surface area contributed by atoms with Crippen LogP contribution in [0.25, 0.3) is 17.0 Å². The van der Waals surface area contributed by atoms with E-state index in [4.69, 9.17) is 5.73 Å². The standard InChI is InChI=1S/C22H18N4O4/c1-13-5-4-6-15(9-13)26-21(29)17(20(28)24-22(26)30)10-14-11-25(12-19(23)27)18-8-3-2-7-16(14)18/h2-11H,12H2,1H3,(H2,23,27)(H,24,28,30). The van der Waals surface area contributed by atoms with Gasteiger partial charge in [-0.15, -0.1) is 0 Å². The van der Waals surface area contributed by atoms with Gasteiger partial charge in [0.25, 0.3) is 11.8 Å². The molecule has 2 aromatic carbocycles. The minimum absolute atomic E-state index is 0.0439. The van der Waals surface area contributed by atoms with Gasteiger partial charge in [0, 0.05) is 22.7 Å². The number of rotatable bonds is 4. The van der Waals surface area contributed by atoms with Crippen molar-refractivity contribution >= 4 is 46.4 Å². The number of hydrogen-bond acceptors (Lipinski definition) is 4. The Kier molecular flexibility index (Phi) is 4.67. The summed E-state index contributed by atoms with van der Waals surface area (Å²) in [5.74, 6) is -2.01. The van der Waals surface area contributed by atoms with E-state index in [2.05, 4.69) is 5.32 Å². The number of hydrogen-bond donors (Lipinski definition) is 2. The highest BCUT2D eigenvalue weighted by Gasteiger charge is 2.37. The lowest BCUT2D eigenvalue weighted by Gasteiger charge is -2.26. The van der Waals surface area contributed by atoms with Crippen molar-refractivity contribution in [3.05, 3.63) is 71.4 Å². The quantitative estimate of drug-likeness (QED) is 0.514. The maximum Gasteiger partial charge on any atom is 0.335 e. The van der Waals surface area contributed by atoms with Gasteiger partial charge in [-0.05, 0) is 36.8 Å². The second-order valence-electron chi connectivity index (χ2n) is 6.99. The van der Waals surface area contributed by atoms with Gasteiger partial charge in [0.2, 0.25) is 5.91 Å². The Morgan fingerprint density at radius 2 is 1.87 bits per heavy atom. The first-order valence-corrected chi connectivity index (χ1v) is 9.19. The number of benzene rings is 2. The number of amides is 5. The lowest BCUT2D eigenvalue weighted by molar-refractivity contribution is -0.122. The summed E-state index contributed by atoms with van der Waals surface area (Å²) in [6, 6.07) is 13.3. The Balaban J connectivity index is 1.81. The predicted octanol–water partition coefficient (Wildman–Crippen LogP) is 2.10. The third-order valence-electron chi connectivity index (χ3n) is 4.81. The molecule has 1 saturated heterocycles. The van der Waals surface area contributed by atoms with Crippen LogP contribution < -0.4 is 16.0 Å². The Labute approximate surface area is 171 Å². The fraction of sp³-hybridized carbons (Fsp3) is 0.0909. The molecule has 0 atom stereocenters. The molecule has 0 radical (unpaired) electrons. The molecule has 3 aromatic rings. The molecule has 8 heteroatoms. The Hall–Kier alpha value is -4.20. The zero-order valence-electron chi connectivity index (χ0n) is 16.1. The van der Waals surface area contributed by atoms with Gasteiger partial charge in [-0.3, -0.25) is 19.7 Å². The number of anilines is 1. The SMILES string of the molecule is Cc1cccc(N2C(=O)NC(=O)C(=Cc3cn(CC(N)=O)c4ccccc34)C2=O)c1. The van der Waals surface area contributed by atoms with E-state index in [-0.39, 0.29) is 12.1 Å². The molecule has 5 amide bonds. The number of barbiturate groups is 1. The molecule has 1 aliphatic heterocycles. The number of primary amides is 1. The van der Waals surface area contributed by atoms with Gasteiger partial charge < -0.3 is 10.3 Å². The molecular formula is C22H18N4O4. The molecule has 4 rings (SSSR count). The monoisotopic (exact) mass is 402 g/mol. The molecule has 0 saturated carbocycles. The number of fused-ring (bicyclic) bond motifs is 1. The molecule has 0 unspecified atom stereocenters. The molecule has 2 heterocycles. The number of aryl methyl sites for hydroxylation is 1. The van der Waals surface area contributed by atoms with E-state index in [0.29, 0.717) is 11.3 Å². The van der Waals surface area contributed by atoms with E-state index >= 15 is 0 Å². The number of nitrogens with two attached hydrogens (primary N) is 1. The van der Waals surface area contributed by atoms with E-state index in [0.717, 1.165) is 21.4 Å². The van der Waals surface area contributed by atoms with Crippen molar-refractivity contribution in [2.45, 2.75) is 13.5 Å². The summed E-state index contributed by atoms with van der Waals surface area (Å²) in [5.41, 5.74) is 7.67. The molecule has 0 bridgehead atoms. The molecule has 1 aromatic heterocycles. The molecule has 150 valence electrons. The first-order valence-electron chi connectivity index (χ1n) is 9.19. The second kappa shape index (κ2) is 7.32. The summed E-state index contributed by atoms with van der Waals surface area (Å²) < 4.78 is 1.65. The maximum atomic E-state index is 13.1. The first-order chi connectivity index (χ1) is 14.3. The minimum atomic E-state index is -0.802. The van der Waals surface area contributed by atoms with E-state index in [1.165, 1.54) is 6.08 Å². The highest BCUT2D eigenvalue weighted by molar-refractivity contribution is 6.39. The first kappa shape index (κ1) is 19.1. The van der Waals surface area contributed by atoms with Crippen LogP contribution in [0.5, 0.6) is 0 Å². The highest BCUT2D eigenvalue weighted by atomic mass is 16.2. The van der Waals surface area contributed by atoms with Crippen LogP contribution in [-0.2, 0) is 20.9 Å². The van der Waals surface area contributed by atoms with Crippen molar-refractivity contribution in [2.24, 2.45) is 5.73 Å². The van der Waals surface area contributed by atoms with Gasteiger partial charge >= 0.3 is 6.03 Å². The van der Waals surface area contributed by atoms with Gasteiger partial charge in [0.1, 0.15) is 12.1 Å². The van der Waals surface area contributed by atoms with Crippen LogP contribution in [0.1, 0.15) is 11.1 Å². The molecule has 0 spiro atoms. The zero-order valence-corrected chi connectivity index (χ0v) is 16.1. The summed E-state index contributed by atoms with van der Waals surface area (Å²) in [5, 5.41) is 2.95. The van der Waals surface area contributed by atoms with Gasteiger partial charge in [0.15, 0.2) is 0 Å². The summed E-state index contributed by atoms with van der Waals surface area (Å²) in [7, 11) is 0. The highest BCUT2D eigenvalue weighted by Crippen LogP contribution is 2.27. The van der Waals surface area contributed by atoms with E-state index in [1.54, 1.807) is 29.0 Å². The Bertz CT molecular complexity index is 1260. The maximum absolute atomic E-state index is 13.1. The van der Waals surface area contributed by atoms with Gasteiger partial charge in [-0.25, -0.2) is 9.69 Å². The third kappa shape index (κ3) is 3.35. The van der Waals surface area contributed by atoms with Crippen LogP contribution in [0.15, 0.2) is 60.3 Å². The fourth-order valence-electron chi connectivity index (χ4n) is 3.50. The molecule has 30 heavy (non-hydrogen) atoms. The van der Waals surface area contributed by atoms with Gasteiger partial charge in [-0.1, -0.05) is 30.3 Å². The third-order valence-corrected chi connectivity index (χ3v) is 4.81. The van der Waals surface area contributed by atoms with Crippen molar-refractivity contribution in [3.8, 4) is 0 Å². The van der Waals surface area contributed by atoms with Crippen LogP contribution in [0.2, 0.25) is 0 Å². The Morgan fingerprint density at radius 3 is 2.60 bits per heavy atom. The lowest BCUT2D eigenvalue weighted by Crippen LogP contribution is -2.54. The fourth-order valence-corrected chi connectivity index (χ4v) is 3.50. The molecule has 8 nitrogen and oxygen atoms in total. The average Bonchev–Trinajstić information content (AvgIpc) is 3.02. The number of aromatic nitrogens is 1. The second-order valence-corrected chi connectivity index (χ2v) is 6.99. The summed E-state index contributed by atoms with van der Waals surface area (Å²) in [6.07, 6.45) is 3.07. The predicted molar refractivity (Wildman–Crippen MR) is 111 cm³/mol. The van der Waals surface area contributed by atoms with E-state index < -0.39 is 23.8 Å². The number of nitrogens with one attached hydrogen (secondary N) is 1. The van der Waals surface area contributed by atoms with Crippen molar-refractivity contribution in [2.75, 3.05) is 4.90 Å². The summed E-state index contributed by atoms with van der Waals surface area (Å²) in [6.45, 7) is 1.79. The molecule has 1 aliphatic rings. The number of carbonyl (C=O) groups is 4. The average molecular weight is 402 g/mol. The molecular weight excluding hydrogens is 384 g/mol. The van der Waals surface area contributed by atoms with Crippen LogP contribution in [0.3, 0.4) is 0 Å². The number of para-hydroxylation sites is 1. The number of urea groups is 1. The summed E-state index contributed by atoms with van der Waals surface area (Å²) in [4.78, 5) is 50.2. The number of carbonyl (C=O) groups excluding carboxylic acids is 4. The van der Waals surface area contributed by atoms with Crippen molar-refractivity contribution in [1.82, 2.24) is 9.88 Å². The molecule has 0 aliphatic carbocycles. The smallest absolute Gasteiger partial charge is 0.335 e.